The highest BCUT2D eigenvalue weighted by Gasteiger charge is 2.37. The lowest BCUT2D eigenvalue weighted by molar-refractivity contribution is 0.182. The Labute approximate surface area is 86.6 Å². The number of hydrogen-bond acceptors (Lipinski definition) is 3. The molecule has 14 heavy (non-hydrogen) atoms. The number of rotatable bonds is 5. The smallest absolute Gasteiger partial charge is 0.0623 e. The molecule has 0 spiro atoms. The zero-order valence-corrected chi connectivity index (χ0v) is 9.31. The standard InChI is InChI=1S/C11H22N2O/c1-11(3-4-11)8-13-5-9-6-14-7-10(9)12-2/h9-10,12-13H,3-8H2,1-2H3. The first-order valence-electron chi connectivity index (χ1n) is 5.69. The Morgan fingerprint density at radius 3 is 2.79 bits per heavy atom. The molecule has 0 aromatic rings. The van der Waals surface area contributed by atoms with Crippen LogP contribution in [0.2, 0.25) is 0 Å². The van der Waals surface area contributed by atoms with E-state index in [-0.39, 0.29) is 0 Å². The van der Waals surface area contributed by atoms with Crippen LogP contribution in [0.25, 0.3) is 0 Å². The van der Waals surface area contributed by atoms with Gasteiger partial charge in [0.05, 0.1) is 13.2 Å². The molecule has 3 nitrogen and oxygen atoms in total. The summed E-state index contributed by atoms with van der Waals surface area (Å²) in [5.41, 5.74) is 0.620. The highest BCUT2D eigenvalue weighted by molar-refractivity contribution is 4.91. The maximum Gasteiger partial charge on any atom is 0.0623 e. The summed E-state index contributed by atoms with van der Waals surface area (Å²) in [5.74, 6) is 0.655. The van der Waals surface area contributed by atoms with E-state index in [1.165, 1.54) is 19.4 Å². The van der Waals surface area contributed by atoms with E-state index < -0.39 is 0 Å². The first-order valence-corrected chi connectivity index (χ1v) is 5.69. The van der Waals surface area contributed by atoms with Gasteiger partial charge in [-0.15, -0.1) is 0 Å². The lowest BCUT2D eigenvalue weighted by atomic mass is 10.0. The summed E-state index contributed by atoms with van der Waals surface area (Å²) in [5, 5.41) is 6.89. The molecule has 3 heteroatoms. The van der Waals surface area contributed by atoms with E-state index in [4.69, 9.17) is 4.74 Å². The van der Waals surface area contributed by atoms with Gasteiger partial charge in [0.1, 0.15) is 0 Å². The summed E-state index contributed by atoms with van der Waals surface area (Å²) < 4.78 is 5.46. The van der Waals surface area contributed by atoms with Crippen LogP contribution in [-0.4, -0.2) is 39.4 Å². The molecule has 0 amide bonds. The summed E-state index contributed by atoms with van der Waals surface area (Å²) in [6, 6.07) is 0.550. The molecule has 0 aromatic heterocycles. The van der Waals surface area contributed by atoms with Gasteiger partial charge in [0, 0.05) is 25.0 Å². The van der Waals surface area contributed by atoms with Gasteiger partial charge in [0.2, 0.25) is 0 Å². The summed E-state index contributed by atoms with van der Waals surface area (Å²) in [6.45, 7) is 6.43. The molecule has 2 N–H and O–H groups in total. The van der Waals surface area contributed by atoms with Crippen molar-refractivity contribution in [3.63, 3.8) is 0 Å². The van der Waals surface area contributed by atoms with Gasteiger partial charge in [0.25, 0.3) is 0 Å². The Balaban J connectivity index is 1.64. The Kier molecular flexibility index (Phi) is 3.10. The quantitative estimate of drug-likeness (QED) is 0.679. The maximum absolute atomic E-state index is 5.46. The number of ether oxygens (including phenoxy) is 1. The van der Waals surface area contributed by atoms with Crippen molar-refractivity contribution in [2.24, 2.45) is 11.3 Å². The van der Waals surface area contributed by atoms with Crippen molar-refractivity contribution >= 4 is 0 Å². The maximum atomic E-state index is 5.46. The second-order valence-electron chi connectivity index (χ2n) is 5.13. The second kappa shape index (κ2) is 4.17. The van der Waals surface area contributed by atoms with E-state index in [0.717, 1.165) is 19.8 Å². The van der Waals surface area contributed by atoms with Gasteiger partial charge in [-0.3, -0.25) is 0 Å². The van der Waals surface area contributed by atoms with E-state index in [9.17, 15) is 0 Å². The van der Waals surface area contributed by atoms with Gasteiger partial charge < -0.3 is 15.4 Å². The molecule has 0 aromatic carbocycles. The molecule has 1 aliphatic heterocycles. The van der Waals surface area contributed by atoms with Crippen molar-refractivity contribution in [1.82, 2.24) is 10.6 Å². The number of hydrogen-bond donors (Lipinski definition) is 2. The molecule has 2 aliphatic rings. The Hall–Kier alpha value is -0.120. The normalized spacial score (nSPS) is 34.7. The molecule has 82 valence electrons. The summed E-state index contributed by atoms with van der Waals surface area (Å²) in [7, 11) is 2.02. The fourth-order valence-corrected chi connectivity index (χ4v) is 2.07. The minimum absolute atomic E-state index is 0.550. The third kappa shape index (κ3) is 2.47. The van der Waals surface area contributed by atoms with Gasteiger partial charge in [-0.05, 0) is 25.3 Å². The molecule has 2 rings (SSSR count). The molecule has 1 saturated heterocycles. The van der Waals surface area contributed by atoms with E-state index in [2.05, 4.69) is 17.6 Å². The van der Waals surface area contributed by atoms with E-state index >= 15 is 0 Å². The zero-order valence-electron chi connectivity index (χ0n) is 9.31. The average molecular weight is 198 g/mol. The van der Waals surface area contributed by atoms with Crippen molar-refractivity contribution in [2.75, 3.05) is 33.4 Å². The molecule has 0 radical (unpaired) electrons. The van der Waals surface area contributed by atoms with Crippen LogP contribution >= 0.6 is 0 Å². The lowest BCUT2D eigenvalue weighted by Gasteiger charge is -2.18. The molecule has 2 fully saturated rings. The van der Waals surface area contributed by atoms with Gasteiger partial charge >= 0.3 is 0 Å². The van der Waals surface area contributed by atoms with E-state index in [1.807, 2.05) is 7.05 Å². The Morgan fingerprint density at radius 1 is 1.36 bits per heavy atom. The monoisotopic (exact) mass is 198 g/mol. The van der Waals surface area contributed by atoms with Crippen LogP contribution in [0, 0.1) is 11.3 Å². The zero-order chi connectivity index (χ0) is 10.0. The third-order valence-electron chi connectivity index (χ3n) is 3.63. The summed E-state index contributed by atoms with van der Waals surface area (Å²) in [6.07, 6.45) is 2.80. The highest BCUT2D eigenvalue weighted by atomic mass is 16.5. The molecule has 1 saturated carbocycles. The molecule has 2 unspecified atom stereocenters. The number of likely N-dealkylation sites (N-methyl/N-ethyl adjacent to an activating group) is 1. The van der Waals surface area contributed by atoms with Crippen LogP contribution in [0.15, 0.2) is 0 Å². The van der Waals surface area contributed by atoms with E-state index in [0.29, 0.717) is 17.4 Å². The lowest BCUT2D eigenvalue weighted by Crippen LogP contribution is -2.39. The first-order chi connectivity index (χ1) is 6.73. The minimum atomic E-state index is 0.550. The summed E-state index contributed by atoms with van der Waals surface area (Å²) >= 11 is 0. The molecule has 1 aliphatic carbocycles. The molecule has 1 heterocycles. The summed E-state index contributed by atoms with van der Waals surface area (Å²) in [4.78, 5) is 0. The van der Waals surface area contributed by atoms with Crippen molar-refractivity contribution in [3.05, 3.63) is 0 Å². The minimum Gasteiger partial charge on any atom is -0.379 e. The van der Waals surface area contributed by atoms with Crippen molar-refractivity contribution in [2.45, 2.75) is 25.8 Å². The Morgan fingerprint density at radius 2 is 2.14 bits per heavy atom. The Bertz CT molecular complexity index is 192. The van der Waals surface area contributed by atoms with Crippen LogP contribution in [0.3, 0.4) is 0 Å². The van der Waals surface area contributed by atoms with Crippen LogP contribution in [0.4, 0.5) is 0 Å². The predicted molar refractivity (Wildman–Crippen MR) is 57.4 cm³/mol. The average Bonchev–Trinajstić information content (AvgIpc) is 2.75. The molecule has 0 bridgehead atoms. The predicted octanol–water partition coefficient (Wildman–Crippen LogP) is 0.610. The van der Waals surface area contributed by atoms with Crippen LogP contribution in [-0.2, 0) is 4.74 Å². The largest absolute Gasteiger partial charge is 0.379 e. The first kappa shape index (κ1) is 10.4. The van der Waals surface area contributed by atoms with Gasteiger partial charge in [0.15, 0.2) is 0 Å². The highest BCUT2D eigenvalue weighted by Crippen LogP contribution is 2.44. The number of nitrogens with one attached hydrogen (secondary N) is 2. The fourth-order valence-electron chi connectivity index (χ4n) is 2.07. The van der Waals surface area contributed by atoms with Crippen molar-refractivity contribution in [3.8, 4) is 0 Å². The van der Waals surface area contributed by atoms with Crippen molar-refractivity contribution < 1.29 is 4.74 Å². The van der Waals surface area contributed by atoms with Gasteiger partial charge in [-0.25, -0.2) is 0 Å². The molecular weight excluding hydrogens is 176 g/mol. The van der Waals surface area contributed by atoms with Gasteiger partial charge in [-0.2, -0.15) is 0 Å². The van der Waals surface area contributed by atoms with Crippen molar-refractivity contribution in [1.29, 1.82) is 0 Å². The molecule has 2 atom stereocenters. The van der Waals surface area contributed by atoms with Crippen LogP contribution < -0.4 is 10.6 Å². The molecular formula is C11H22N2O. The topological polar surface area (TPSA) is 33.3 Å². The third-order valence-corrected chi connectivity index (χ3v) is 3.63. The van der Waals surface area contributed by atoms with E-state index in [1.54, 1.807) is 0 Å². The second-order valence-corrected chi connectivity index (χ2v) is 5.13. The SMILES string of the molecule is CNC1COCC1CNCC1(C)CC1. The van der Waals surface area contributed by atoms with Gasteiger partial charge in [-0.1, -0.05) is 6.92 Å². The van der Waals surface area contributed by atoms with Crippen LogP contribution in [0.5, 0.6) is 0 Å². The van der Waals surface area contributed by atoms with Crippen LogP contribution in [0.1, 0.15) is 19.8 Å². The fraction of sp³-hybridized carbons (Fsp3) is 1.00.